The fourth-order valence-electron chi connectivity index (χ4n) is 6.88. The summed E-state index contributed by atoms with van der Waals surface area (Å²) in [5, 5.41) is 8.01. The molecule has 0 spiro atoms. The van der Waals surface area contributed by atoms with Gasteiger partial charge in [0, 0.05) is 21.7 Å². The maximum absolute atomic E-state index is 6.67. The summed E-state index contributed by atoms with van der Waals surface area (Å²) in [6.45, 7) is 0. The molecule has 0 saturated heterocycles. The normalized spacial score (nSPS) is 12.1. The molecule has 10 rings (SSSR count). The molecule has 10 aromatic rings. The van der Waals surface area contributed by atoms with Crippen LogP contribution in [0.3, 0.4) is 0 Å². The summed E-state index contributed by atoms with van der Waals surface area (Å²) in [7, 11) is 0. The number of hydrogen-bond donors (Lipinski definition) is 0. The van der Waals surface area contributed by atoms with Gasteiger partial charge in [0.2, 0.25) is 0 Å². The third kappa shape index (κ3) is 3.22. The average molecular weight is 563 g/mol. The molecule has 0 N–H and O–H groups in total. The molecule has 44 heavy (non-hydrogen) atoms. The molecular weight excluding hydrogens is 540 g/mol. The van der Waals surface area contributed by atoms with Gasteiger partial charge in [-0.1, -0.05) is 103 Å². The highest BCUT2D eigenvalue weighted by Gasteiger charge is 2.23. The highest BCUT2D eigenvalue weighted by molar-refractivity contribution is 6.34. The molecule has 4 nitrogen and oxygen atoms in total. The van der Waals surface area contributed by atoms with E-state index >= 15 is 0 Å². The summed E-state index contributed by atoms with van der Waals surface area (Å²) < 4.78 is 13.1. The lowest BCUT2D eigenvalue weighted by atomic mass is 9.93. The van der Waals surface area contributed by atoms with Crippen molar-refractivity contribution >= 4 is 65.6 Å². The Morgan fingerprint density at radius 3 is 1.91 bits per heavy atom. The topological polar surface area (TPSA) is 52.1 Å². The molecule has 0 aliphatic rings. The summed E-state index contributed by atoms with van der Waals surface area (Å²) in [5.41, 5.74) is 8.76. The summed E-state index contributed by atoms with van der Waals surface area (Å²) in [6, 6.07) is 46.1. The molecule has 7 aromatic carbocycles. The molecule has 0 aliphatic heterocycles. The van der Waals surface area contributed by atoms with Crippen molar-refractivity contribution in [1.29, 1.82) is 0 Å². The van der Waals surface area contributed by atoms with Crippen LogP contribution in [-0.2, 0) is 0 Å². The molecule has 0 unspecified atom stereocenters. The van der Waals surface area contributed by atoms with E-state index in [0.29, 0.717) is 11.4 Å². The number of furan rings is 2. The van der Waals surface area contributed by atoms with Crippen molar-refractivity contribution in [2.45, 2.75) is 0 Å². The lowest BCUT2D eigenvalue weighted by Crippen LogP contribution is -1.95. The quantitative estimate of drug-likeness (QED) is 0.201. The van der Waals surface area contributed by atoms with Crippen LogP contribution in [0.1, 0.15) is 0 Å². The SMILES string of the molecule is c1ccc(-c2cccc(-c3nc(-c4ccc5c6ccccc6c6cccc7oc4c5c76)nc4c3oc3ccccc34)c2)cc1. The monoisotopic (exact) mass is 562 g/mol. The largest absolute Gasteiger partial charge is 0.455 e. The van der Waals surface area contributed by atoms with Crippen LogP contribution < -0.4 is 0 Å². The molecule has 0 radical (unpaired) electrons. The van der Waals surface area contributed by atoms with Gasteiger partial charge in [-0.15, -0.1) is 0 Å². The Bertz CT molecular complexity index is 2720. The predicted molar refractivity (Wildman–Crippen MR) is 179 cm³/mol. The Morgan fingerprint density at radius 1 is 0.409 bits per heavy atom. The number of hydrogen-bond acceptors (Lipinski definition) is 4. The second-order valence-corrected chi connectivity index (χ2v) is 11.3. The lowest BCUT2D eigenvalue weighted by Gasteiger charge is -2.10. The van der Waals surface area contributed by atoms with Gasteiger partial charge in [0.25, 0.3) is 0 Å². The molecule has 3 aromatic heterocycles. The van der Waals surface area contributed by atoms with Crippen molar-refractivity contribution in [3.8, 4) is 33.8 Å². The van der Waals surface area contributed by atoms with E-state index in [1.54, 1.807) is 0 Å². The van der Waals surface area contributed by atoms with Gasteiger partial charge in [0.15, 0.2) is 11.4 Å². The van der Waals surface area contributed by atoms with Gasteiger partial charge in [-0.25, -0.2) is 9.97 Å². The van der Waals surface area contributed by atoms with E-state index in [1.165, 1.54) is 21.5 Å². The standard InChI is InChI=1S/C40H22N2O2/c1-2-10-23(11-3-1)24-12-8-13-25(22-24)36-39-37(30-16-6-7-18-32(30)43-39)42-40(41-36)31-21-20-29-27-15-5-4-14-26(27)28-17-9-19-33-34(28)35(29)38(31)44-33/h1-22H. The van der Waals surface area contributed by atoms with Gasteiger partial charge in [-0.3, -0.25) is 0 Å². The van der Waals surface area contributed by atoms with E-state index in [0.717, 1.165) is 66.4 Å². The molecule has 0 atom stereocenters. The van der Waals surface area contributed by atoms with Gasteiger partial charge in [0.05, 0.1) is 5.56 Å². The summed E-state index contributed by atoms with van der Waals surface area (Å²) in [5.74, 6) is 0.607. The van der Waals surface area contributed by atoms with Crippen LogP contribution in [0, 0.1) is 0 Å². The molecule has 0 aliphatic carbocycles. The number of para-hydroxylation sites is 1. The molecule has 0 fully saturated rings. The molecule has 4 heteroatoms. The van der Waals surface area contributed by atoms with E-state index < -0.39 is 0 Å². The Morgan fingerprint density at radius 2 is 1.05 bits per heavy atom. The van der Waals surface area contributed by atoms with Crippen LogP contribution in [0.2, 0.25) is 0 Å². The van der Waals surface area contributed by atoms with Gasteiger partial charge in [-0.05, 0) is 63.0 Å². The fourth-order valence-corrected chi connectivity index (χ4v) is 6.88. The first-order valence-electron chi connectivity index (χ1n) is 14.8. The second kappa shape index (κ2) is 8.76. The zero-order valence-corrected chi connectivity index (χ0v) is 23.4. The van der Waals surface area contributed by atoms with Gasteiger partial charge in [-0.2, -0.15) is 0 Å². The molecule has 3 heterocycles. The van der Waals surface area contributed by atoms with Crippen molar-refractivity contribution in [1.82, 2.24) is 9.97 Å². The first kappa shape index (κ1) is 23.6. The maximum atomic E-state index is 6.67. The zero-order chi connectivity index (χ0) is 28.8. The number of benzene rings is 7. The minimum atomic E-state index is 0.607. The number of nitrogens with zero attached hydrogens (tertiary/aromatic N) is 2. The van der Waals surface area contributed by atoms with Crippen LogP contribution in [0.4, 0.5) is 0 Å². The Hall–Kier alpha value is -6.00. The Labute approximate surface area is 251 Å². The first-order chi connectivity index (χ1) is 21.8. The van der Waals surface area contributed by atoms with E-state index in [2.05, 4.69) is 109 Å². The third-order valence-electron chi connectivity index (χ3n) is 8.86. The second-order valence-electron chi connectivity index (χ2n) is 11.3. The molecular formula is C40H22N2O2. The van der Waals surface area contributed by atoms with Gasteiger partial charge in [0.1, 0.15) is 28.0 Å². The molecule has 0 amide bonds. The lowest BCUT2D eigenvalue weighted by molar-refractivity contribution is 0.666. The molecule has 0 bridgehead atoms. The van der Waals surface area contributed by atoms with Crippen LogP contribution in [0.25, 0.3) is 99.3 Å². The van der Waals surface area contributed by atoms with Crippen molar-refractivity contribution in [2.75, 3.05) is 0 Å². The van der Waals surface area contributed by atoms with E-state index in [-0.39, 0.29) is 0 Å². The minimum absolute atomic E-state index is 0.607. The zero-order valence-electron chi connectivity index (χ0n) is 23.4. The number of aromatic nitrogens is 2. The van der Waals surface area contributed by atoms with Crippen molar-refractivity contribution in [3.63, 3.8) is 0 Å². The van der Waals surface area contributed by atoms with Crippen molar-refractivity contribution < 1.29 is 8.83 Å². The smallest absolute Gasteiger partial charge is 0.180 e. The third-order valence-corrected chi connectivity index (χ3v) is 8.86. The van der Waals surface area contributed by atoms with E-state index in [1.807, 2.05) is 24.3 Å². The van der Waals surface area contributed by atoms with Crippen molar-refractivity contribution in [3.05, 3.63) is 133 Å². The highest BCUT2D eigenvalue weighted by Crippen LogP contribution is 2.46. The average Bonchev–Trinajstić information content (AvgIpc) is 3.67. The summed E-state index contributed by atoms with van der Waals surface area (Å²) >= 11 is 0. The van der Waals surface area contributed by atoms with Crippen LogP contribution in [0.5, 0.6) is 0 Å². The van der Waals surface area contributed by atoms with Crippen LogP contribution >= 0.6 is 0 Å². The van der Waals surface area contributed by atoms with Gasteiger partial charge >= 0.3 is 0 Å². The minimum Gasteiger partial charge on any atom is -0.455 e. The first-order valence-corrected chi connectivity index (χ1v) is 14.8. The maximum Gasteiger partial charge on any atom is 0.180 e. The van der Waals surface area contributed by atoms with Crippen LogP contribution in [0.15, 0.2) is 142 Å². The predicted octanol–water partition coefficient (Wildman–Crippen LogP) is 11.0. The highest BCUT2D eigenvalue weighted by atomic mass is 16.3. The summed E-state index contributed by atoms with van der Waals surface area (Å²) in [4.78, 5) is 10.4. The van der Waals surface area contributed by atoms with Gasteiger partial charge < -0.3 is 8.83 Å². The molecule has 0 saturated carbocycles. The van der Waals surface area contributed by atoms with E-state index in [4.69, 9.17) is 18.8 Å². The Balaban J connectivity index is 1.30. The van der Waals surface area contributed by atoms with E-state index in [9.17, 15) is 0 Å². The van der Waals surface area contributed by atoms with Crippen LogP contribution in [-0.4, -0.2) is 9.97 Å². The Kier molecular flexibility index (Phi) is 4.69. The number of rotatable bonds is 3. The fraction of sp³-hybridized carbons (Fsp3) is 0. The summed E-state index contributed by atoms with van der Waals surface area (Å²) in [6.07, 6.45) is 0. The number of fused-ring (bicyclic) bond motifs is 6. The van der Waals surface area contributed by atoms with Crippen molar-refractivity contribution in [2.24, 2.45) is 0 Å². The molecule has 204 valence electrons.